The topological polar surface area (TPSA) is 198 Å². The van der Waals surface area contributed by atoms with Gasteiger partial charge in [0.15, 0.2) is 5.60 Å². The summed E-state index contributed by atoms with van der Waals surface area (Å²) in [6.07, 6.45) is 1.57. The first kappa shape index (κ1) is 34.5. The van der Waals surface area contributed by atoms with Crippen molar-refractivity contribution in [2.75, 3.05) is 39.8 Å². The molecule has 1 spiro atoms. The third-order valence-electron chi connectivity index (χ3n) is 7.84. The Morgan fingerprint density at radius 3 is 2.30 bits per heavy atom. The van der Waals surface area contributed by atoms with Crippen LogP contribution in [0.15, 0.2) is 42.6 Å². The van der Waals surface area contributed by atoms with Gasteiger partial charge in [-0.25, -0.2) is 9.18 Å². The van der Waals surface area contributed by atoms with Crippen LogP contribution in [0.4, 0.5) is 4.39 Å². The van der Waals surface area contributed by atoms with E-state index in [9.17, 15) is 28.7 Å². The number of piperidine rings is 1. The molecule has 0 saturated carbocycles. The van der Waals surface area contributed by atoms with Crippen molar-refractivity contribution in [2.45, 2.75) is 49.9 Å². The number of carbonyl (C=O) groups is 4. The minimum atomic E-state index is -2.74. The molecule has 14 heteroatoms. The predicted molar refractivity (Wildman–Crippen MR) is 152 cm³/mol. The maximum Gasteiger partial charge on any atom is 0.336 e. The molecule has 13 nitrogen and oxygen atoms in total. The van der Waals surface area contributed by atoms with Crippen LogP contribution in [0.1, 0.15) is 42.5 Å². The lowest BCUT2D eigenvalue weighted by Crippen LogP contribution is -2.47. The monoisotopic (exact) mass is 619 g/mol. The maximum absolute atomic E-state index is 13.9. The third-order valence-corrected chi connectivity index (χ3v) is 7.84. The van der Waals surface area contributed by atoms with Gasteiger partial charge in [-0.05, 0) is 48.2 Å². The zero-order valence-corrected chi connectivity index (χ0v) is 24.4. The van der Waals surface area contributed by atoms with E-state index in [-0.39, 0.29) is 24.2 Å². The summed E-state index contributed by atoms with van der Waals surface area (Å²) in [5.74, 6) is -5.46. The standard InChI is InChI=1S/C24H30FN3O3.C6H8O7/c1-27(12-13-29)23(30)19(14-21-4-2-3-9-26-21)16-28-10-7-24(8-11-28)22-15-20(25)6-5-18(22)17-31-24;7-3(8)1-6(13,5(11)12)2-4(9)10/h2-6,9,15,19,29H,7-8,10-14,16-17H2,1H3;13H,1-2H2,(H,7,8)(H,9,10)(H,11,12). The number of ether oxygens (including phenoxy) is 1. The van der Waals surface area contributed by atoms with E-state index in [2.05, 4.69) is 9.88 Å². The molecule has 0 bridgehead atoms. The molecule has 1 saturated heterocycles. The van der Waals surface area contributed by atoms with Gasteiger partial charge in [0.25, 0.3) is 0 Å². The van der Waals surface area contributed by atoms with E-state index in [1.807, 2.05) is 24.3 Å². The number of aliphatic hydroxyl groups is 2. The Labute approximate surface area is 253 Å². The summed E-state index contributed by atoms with van der Waals surface area (Å²) in [6, 6.07) is 10.7. The number of amides is 1. The van der Waals surface area contributed by atoms with E-state index in [1.165, 1.54) is 6.07 Å². The first-order valence-corrected chi connectivity index (χ1v) is 14.1. The number of carboxylic acid groups (broad SMARTS) is 3. The number of hydrogen-bond acceptors (Lipinski definition) is 9. The summed E-state index contributed by atoms with van der Waals surface area (Å²) < 4.78 is 20.0. The van der Waals surface area contributed by atoms with Crippen molar-refractivity contribution in [2.24, 2.45) is 5.92 Å². The molecule has 44 heavy (non-hydrogen) atoms. The summed E-state index contributed by atoms with van der Waals surface area (Å²) in [7, 11) is 1.73. The summed E-state index contributed by atoms with van der Waals surface area (Å²) in [5, 5.41) is 43.0. The van der Waals surface area contributed by atoms with E-state index in [4.69, 9.17) is 25.2 Å². The van der Waals surface area contributed by atoms with Crippen molar-refractivity contribution in [3.8, 4) is 0 Å². The molecule has 1 amide bonds. The van der Waals surface area contributed by atoms with Crippen molar-refractivity contribution in [3.63, 3.8) is 0 Å². The molecule has 2 aliphatic rings. The molecule has 2 aromatic rings. The number of fused-ring (bicyclic) bond motifs is 2. The van der Waals surface area contributed by atoms with Crippen LogP contribution in [0.5, 0.6) is 0 Å². The molecule has 1 aromatic heterocycles. The molecule has 2 aliphatic heterocycles. The molecule has 5 N–H and O–H groups in total. The highest BCUT2D eigenvalue weighted by Gasteiger charge is 2.43. The smallest absolute Gasteiger partial charge is 0.336 e. The number of hydrogen-bond donors (Lipinski definition) is 5. The van der Waals surface area contributed by atoms with Gasteiger partial charge < -0.3 is 40.1 Å². The second kappa shape index (κ2) is 15.1. The SMILES string of the molecule is CN(CCO)C(=O)C(Cc1ccccn1)CN1CCC2(CC1)OCc1ccc(F)cc12.O=C(O)CC(O)(CC(=O)O)C(=O)O. The molecule has 240 valence electrons. The van der Waals surface area contributed by atoms with Crippen molar-refractivity contribution < 1.29 is 53.8 Å². The van der Waals surface area contributed by atoms with Gasteiger partial charge in [0.2, 0.25) is 5.91 Å². The molecular weight excluding hydrogens is 581 g/mol. The molecule has 1 fully saturated rings. The Kier molecular flexibility index (Phi) is 11.9. The van der Waals surface area contributed by atoms with E-state index >= 15 is 0 Å². The molecule has 3 heterocycles. The minimum Gasteiger partial charge on any atom is -0.481 e. The normalized spacial score (nSPS) is 16.4. The number of likely N-dealkylation sites (N-methyl/N-ethyl adjacent to an activating group) is 1. The molecule has 1 unspecified atom stereocenters. The molecule has 1 aromatic carbocycles. The molecular formula is C30H38FN3O10. The van der Waals surface area contributed by atoms with E-state index in [1.54, 1.807) is 24.2 Å². The van der Waals surface area contributed by atoms with Gasteiger partial charge in [0, 0.05) is 51.5 Å². The number of halogens is 1. The van der Waals surface area contributed by atoms with Crippen LogP contribution in [0, 0.1) is 11.7 Å². The van der Waals surface area contributed by atoms with E-state index in [0.717, 1.165) is 42.8 Å². The van der Waals surface area contributed by atoms with Crippen LogP contribution >= 0.6 is 0 Å². The van der Waals surface area contributed by atoms with Crippen LogP contribution in [-0.2, 0) is 42.5 Å². The van der Waals surface area contributed by atoms with Crippen LogP contribution in [0.3, 0.4) is 0 Å². The Hall–Kier alpha value is -3.98. The van der Waals surface area contributed by atoms with E-state index < -0.39 is 42.0 Å². The van der Waals surface area contributed by atoms with Gasteiger partial charge in [-0.2, -0.15) is 0 Å². The number of likely N-dealkylation sites (tertiary alicyclic amines) is 1. The Balaban J connectivity index is 0.000000345. The maximum atomic E-state index is 13.9. The number of carboxylic acids is 3. The quantitative estimate of drug-likeness (QED) is 0.227. The van der Waals surface area contributed by atoms with Gasteiger partial charge >= 0.3 is 17.9 Å². The zero-order valence-electron chi connectivity index (χ0n) is 24.4. The fourth-order valence-electron chi connectivity index (χ4n) is 5.50. The van der Waals surface area contributed by atoms with Crippen LogP contribution in [0.2, 0.25) is 0 Å². The zero-order chi connectivity index (χ0) is 32.5. The highest BCUT2D eigenvalue weighted by Crippen LogP contribution is 2.44. The molecule has 4 rings (SSSR count). The third kappa shape index (κ3) is 9.02. The highest BCUT2D eigenvalue weighted by atomic mass is 19.1. The lowest BCUT2D eigenvalue weighted by Gasteiger charge is -2.40. The number of aromatic nitrogens is 1. The lowest BCUT2D eigenvalue weighted by molar-refractivity contribution is -0.170. The lowest BCUT2D eigenvalue weighted by atomic mass is 9.83. The first-order chi connectivity index (χ1) is 20.8. The molecule has 1 atom stereocenters. The second-order valence-corrected chi connectivity index (χ2v) is 11.1. The number of benzene rings is 1. The van der Waals surface area contributed by atoms with Gasteiger partial charge in [0.1, 0.15) is 5.82 Å². The summed E-state index contributed by atoms with van der Waals surface area (Å²) in [6.45, 7) is 2.98. The van der Waals surface area contributed by atoms with Gasteiger partial charge in [-0.15, -0.1) is 0 Å². The minimum absolute atomic E-state index is 0.0181. The Morgan fingerprint density at radius 2 is 1.75 bits per heavy atom. The Bertz CT molecular complexity index is 1300. The number of aliphatic hydroxyl groups excluding tert-OH is 1. The number of nitrogens with zero attached hydrogens (tertiary/aromatic N) is 3. The largest absolute Gasteiger partial charge is 0.481 e. The molecule has 0 aliphatic carbocycles. The Morgan fingerprint density at radius 1 is 1.09 bits per heavy atom. The van der Waals surface area contributed by atoms with Crippen LogP contribution in [0.25, 0.3) is 0 Å². The van der Waals surface area contributed by atoms with Crippen molar-refractivity contribution in [1.82, 2.24) is 14.8 Å². The average molecular weight is 620 g/mol. The van der Waals surface area contributed by atoms with Crippen molar-refractivity contribution in [3.05, 3.63) is 65.2 Å². The van der Waals surface area contributed by atoms with Gasteiger partial charge in [0.05, 0.1) is 37.6 Å². The van der Waals surface area contributed by atoms with E-state index in [0.29, 0.717) is 26.1 Å². The second-order valence-electron chi connectivity index (χ2n) is 11.1. The van der Waals surface area contributed by atoms with Gasteiger partial charge in [-0.3, -0.25) is 19.4 Å². The fourth-order valence-corrected chi connectivity index (χ4v) is 5.50. The average Bonchev–Trinajstić information content (AvgIpc) is 3.30. The van der Waals surface area contributed by atoms with Crippen LogP contribution in [-0.4, -0.2) is 110 Å². The van der Waals surface area contributed by atoms with Crippen molar-refractivity contribution in [1.29, 1.82) is 0 Å². The summed E-state index contributed by atoms with van der Waals surface area (Å²) >= 11 is 0. The predicted octanol–water partition coefficient (Wildman–Crippen LogP) is 1.10. The number of pyridine rings is 1. The van der Waals surface area contributed by atoms with Crippen LogP contribution < -0.4 is 0 Å². The summed E-state index contributed by atoms with van der Waals surface area (Å²) in [4.78, 5) is 51.8. The number of rotatable bonds is 12. The van der Waals surface area contributed by atoms with Crippen molar-refractivity contribution >= 4 is 23.8 Å². The van der Waals surface area contributed by atoms with Gasteiger partial charge in [-0.1, -0.05) is 12.1 Å². The molecule has 0 radical (unpaired) electrons. The first-order valence-electron chi connectivity index (χ1n) is 14.1. The number of carbonyl (C=O) groups excluding carboxylic acids is 1. The summed E-state index contributed by atoms with van der Waals surface area (Å²) in [5.41, 5.74) is -0.213. The fraction of sp³-hybridized carbons (Fsp3) is 0.500. The number of aliphatic carboxylic acids is 3. The highest BCUT2D eigenvalue weighted by molar-refractivity contribution is 5.88.